The van der Waals surface area contributed by atoms with Gasteiger partial charge < -0.3 is 9.47 Å². The molecule has 3 aromatic rings. The Bertz CT molecular complexity index is 1140. The highest BCUT2D eigenvalue weighted by Gasteiger charge is 2.32. The Morgan fingerprint density at radius 3 is 2.48 bits per heavy atom. The van der Waals surface area contributed by atoms with E-state index in [-0.39, 0.29) is 22.4 Å². The fourth-order valence-electron chi connectivity index (χ4n) is 3.60. The van der Waals surface area contributed by atoms with Crippen LogP contribution in [0.4, 0.5) is 13.2 Å². The minimum Gasteiger partial charge on any atom is -0.336 e. The van der Waals surface area contributed by atoms with E-state index in [1.165, 1.54) is 22.9 Å². The lowest BCUT2D eigenvalue weighted by Gasteiger charge is -2.34. The third-order valence-corrected chi connectivity index (χ3v) is 5.34. The van der Waals surface area contributed by atoms with Crippen LogP contribution in [0.15, 0.2) is 53.7 Å². The maximum Gasteiger partial charge on any atom is 0.433 e. The molecule has 1 saturated heterocycles. The topological polar surface area (TPSA) is 71.3 Å². The zero-order chi connectivity index (χ0) is 22.0. The van der Waals surface area contributed by atoms with Gasteiger partial charge in [-0.15, -0.1) is 0 Å². The Morgan fingerprint density at radius 2 is 1.81 bits per heavy atom. The van der Waals surface area contributed by atoms with Gasteiger partial charge in [-0.25, -0.2) is 4.98 Å². The third kappa shape index (κ3) is 4.58. The van der Waals surface area contributed by atoms with Crippen molar-refractivity contribution in [1.82, 2.24) is 24.3 Å². The van der Waals surface area contributed by atoms with Crippen molar-refractivity contribution in [2.75, 3.05) is 32.7 Å². The van der Waals surface area contributed by atoms with Crippen LogP contribution in [-0.4, -0.2) is 63.0 Å². The third-order valence-electron chi connectivity index (χ3n) is 5.34. The van der Waals surface area contributed by atoms with Crippen LogP contribution >= 0.6 is 0 Å². The molecule has 1 fully saturated rings. The summed E-state index contributed by atoms with van der Waals surface area (Å²) < 4.78 is 39.9. The van der Waals surface area contributed by atoms with Crippen LogP contribution in [0.1, 0.15) is 16.1 Å². The molecule has 0 unspecified atom stereocenters. The first-order valence-corrected chi connectivity index (χ1v) is 9.82. The summed E-state index contributed by atoms with van der Waals surface area (Å²) in [7, 11) is 0. The smallest absolute Gasteiger partial charge is 0.336 e. The summed E-state index contributed by atoms with van der Waals surface area (Å²) in [6, 6.07) is 6.89. The molecule has 31 heavy (non-hydrogen) atoms. The van der Waals surface area contributed by atoms with Crippen molar-refractivity contribution in [2.24, 2.45) is 0 Å². The molecule has 1 aliphatic rings. The van der Waals surface area contributed by atoms with E-state index in [0.717, 1.165) is 6.07 Å². The van der Waals surface area contributed by atoms with Crippen molar-refractivity contribution in [3.63, 3.8) is 0 Å². The molecule has 0 atom stereocenters. The molecule has 0 N–H and O–H groups in total. The van der Waals surface area contributed by atoms with Gasteiger partial charge in [-0.2, -0.15) is 13.2 Å². The number of pyridine rings is 3. The van der Waals surface area contributed by atoms with Gasteiger partial charge in [0.1, 0.15) is 5.69 Å². The van der Waals surface area contributed by atoms with E-state index in [1.54, 1.807) is 29.4 Å². The molecular formula is C21H20F3N5O2. The number of amides is 1. The first-order chi connectivity index (χ1) is 14.8. The second-order valence-corrected chi connectivity index (χ2v) is 7.32. The van der Waals surface area contributed by atoms with Gasteiger partial charge in [-0.05, 0) is 30.3 Å². The summed E-state index contributed by atoms with van der Waals surface area (Å²) >= 11 is 0. The van der Waals surface area contributed by atoms with Gasteiger partial charge in [0.05, 0.1) is 16.5 Å². The summed E-state index contributed by atoms with van der Waals surface area (Å²) in [5.74, 6) is -0.0516. The Morgan fingerprint density at radius 1 is 1.03 bits per heavy atom. The molecule has 0 spiro atoms. The number of rotatable bonds is 4. The van der Waals surface area contributed by atoms with Crippen molar-refractivity contribution in [1.29, 1.82) is 0 Å². The van der Waals surface area contributed by atoms with Crippen LogP contribution in [0.5, 0.6) is 0 Å². The fraction of sp³-hybridized carbons (Fsp3) is 0.333. The molecule has 4 rings (SSSR count). The summed E-state index contributed by atoms with van der Waals surface area (Å²) in [6.07, 6.45) is 0.0890. The summed E-state index contributed by atoms with van der Waals surface area (Å²) in [5, 5.41) is 0.155. The van der Waals surface area contributed by atoms with Crippen molar-refractivity contribution < 1.29 is 18.0 Å². The largest absolute Gasteiger partial charge is 0.433 e. The SMILES string of the molecule is O=C(c1cccnc1)N1CCN(CCn2ccc3nc(C(F)(F)F)ccc3c2=O)CC1. The first-order valence-electron chi connectivity index (χ1n) is 9.82. The summed E-state index contributed by atoms with van der Waals surface area (Å²) in [6.45, 7) is 3.48. The molecular weight excluding hydrogens is 411 g/mol. The number of alkyl halides is 3. The molecule has 1 aliphatic heterocycles. The van der Waals surface area contributed by atoms with E-state index in [9.17, 15) is 22.8 Å². The average Bonchev–Trinajstić information content (AvgIpc) is 2.78. The molecule has 0 aromatic carbocycles. The molecule has 0 aliphatic carbocycles. The average molecular weight is 431 g/mol. The summed E-state index contributed by atoms with van der Waals surface area (Å²) in [5.41, 5.74) is -0.806. The minimum absolute atomic E-state index is 0.0265. The lowest BCUT2D eigenvalue weighted by atomic mass is 10.2. The zero-order valence-corrected chi connectivity index (χ0v) is 16.5. The Labute approximate surface area is 175 Å². The quantitative estimate of drug-likeness (QED) is 0.634. The highest BCUT2D eigenvalue weighted by atomic mass is 19.4. The van der Waals surface area contributed by atoms with Gasteiger partial charge in [0.2, 0.25) is 0 Å². The molecule has 0 bridgehead atoms. The number of aromatic nitrogens is 3. The molecule has 162 valence electrons. The molecule has 7 nitrogen and oxygen atoms in total. The number of nitrogens with zero attached hydrogens (tertiary/aromatic N) is 5. The Balaban J connectivity index is 1.37. The Hall–Kier alpha value is -3.27. The molecule has 1 amide bonds. The monoisotopic (exact) mass is 431 g/mol. The van der Waals surface area contributed by atoms with Gasteiger partial charge in [0.15, 0.2) is 0 Å². The van der Waals surface area contributed by atoms with Crippen molar-refractivity contribution in [2.45, 2.75) is 12.7 Å². The van der Waals surface area contributed by atoms with Crippen molar-refractivity contribution >= 4 is 16.8 Å². The van der Waals surface area contributed by atoms with Crippen LogP contribution in [0.2, 0.25) is 0 Å². The summed E-state index contributed by atoms with van der Waals surface area (Å²) in [4.78, 5) is 36.6. The number of halogens is 3. The maximum atomic E-state index is 12.8. The van der Waals surface area contributed by atoms with E-state index in [4.69, 9.17) is 0 Å². The van der Waals surface area contributed by atoms with Gasteiger partial charge in [-0.1, -0.05) is 0 Å². The molecule has 3 aromatic heterocycles. The van der Waals surface area contributed by atoms with E-state index in [0.29, 0.717) is 44.8 Å². The van der Waals surface area contributed by atoms with Crippen LogP contribution in [0.3, 0.4) is 0 Å². The second-order valence-electron chi connectivity index (χ2n) is 7.32. The van der Waals surface area contributed by atoms with Gasteiger partial charge in [0, 0.05) is 57.9 Å². The molecule has 0 radical (unpaired) electrons. The van der Waals surface area contributed by atoms with Gasteiger partial charge in [0.25, 0.3) is 11.5 Å². The number of carbonyl (C=O) groups is 1. The lowest BCUT2D eigenvalue weighted by Crippen LogP contribution is -2.49. The maximum absolute atomic E-state index is 12.8. The van der Waals surface area contributed by atoms with Crippen molar-refractivity contribution in [3.05, 3.63) is 70.5 Å². The lowest BCUT2D eigenvalue weighted by molar-refractivity contribution is -0.140. The fourth-order valence-corrected chi connectivity index (χ4v) is 3.60. The first kappa shape index (κ1) is 21.0. The van der Waals surface area contributed by atoms with Gasteiger partial charge in [-0.3, -0.25) is 19.5 Å². The van der Waals surface area contributed by atoms with E-state index >= 15 is 0 Å². The zero-order valence-electron chi connectivity index (χ0n) is 16.5. The standard InChI is InChI=1S/C21H20F3N5O2/c22-21(23,24)18-4-3-16-17(26-18)5-7-28(20(16)31)11-8-27-9-12-29(13-10-27)19(30)15-2-1-6-25-14-15/h1-7,14H,8-13H2. The Kier molecular flexibility index (Phi) is 5.73. The molecule has 4 heterocycles. The second kappa shape index (κ2) is 8.46. The highest BCUT2D eigenvalue weighted by molar-refractivity contribution is 5.93. The molecule has 10 heteroatoms. The van der Waals surface area contributed by atoms with Crippen LogP contribution in [0, 0.1) is 0 Å². The van der Waals surface area contributed by atoms with Crippen molar-refractivity contribution in [3.8, 4) is 0 Å². The number of hydrogen-bond acceptors (Lipinski definition) is 5. The van der Waals surface area contributed by atoms with E-state index in [2.05, 4.69) is 14.9 Å². The van der Waals surface area contributed by atoms with Crippen LogP contribution in [-0.2, 0) is 12.7 Å². The van der Waals surface area contributed by atoms with Gasteiger partial charge >= 0.3 is 6.18 Å². The minimum atomic E-state index is -4.55. The van der Waals surface area contributed by atoms with Crippen LogP contribution in [0.25, 0.3) is 10.9 Å². The number of hydrogen-bond donors (Lipinski definition) is 0. The normalized spacial score (nSPS) is 15.4. The predicted molar refractivity (Wildman–Crippen MR) is 108 cm³/mol. The number of piperazine rings is 1. The van der Waals surface area contributed by atoms with E-state index < -0.39 is 11.9 Å². The number of fused-ring (bicyclic) bond motifs is 1. The number of carbonyl (C=O) groups excluding carboxylic acids is 1. The van der Waals surface area contributed by atoms with E-state index in [1.807, 2.05) is 0 Å². The van der Waals surface area contributed by atoms with Crippen LogP contribution < -0.4 is 5.56 Å². The predicted octanol–water partition coefficient (Wildman–Crippen LogP) is 2.27. The molecule has 0 saturated carbocycles. The highest BCUT2D eigenvalue weighted by Crippen LogP contribution is 2.28.